The van der Waals surface area contributed by atoms with Gasteiger partial charge in [-0.1, -0.05) is 55.5 Å². The van der Waals surface area contributed by atoms with E-state index < -0.39 is 39.7 Å². The molecule has 4 nitrogen and oxygen atoms in total. The Morgan fingerprint density at radius 1 is 0.821 bits per heavy atom. The molecule has 9 heteroatoms. The molecule has 0 aliphatic carbocycles. The molecular weight excluding hydrogens is 528 g/mol. The van der Waals surface area contributed by atoms with Crippen molar-refractivity contribution in [1.82, 2.24) is 4.72 Å². The van der Waals surface area contributed by atoms with Crippen LogP contribution in [0.25, 0.3) is 10.8 Å². The minimum atomic E-state index is -4.49. The van der Waals surface area contributed by atoms with E-state index in [0.29, 0.717) is 11.3 Å². The van der Waals surface area contributed by atoms with Crippen LogP contribution in [0.1, 0.15) is 31.9 Å². The van der Waals surface area contributed by atoms with Gasteiger partial charge in [-0.3, -0.25) is 0 Å². The van der Waals surface area contributed by atoms with Crippen LogP contribution in [0, 0.1) is 11.7 Å². The highest BCUT2D eigenvalue weighted by molar-refractivity contribution is 7.89. The maximum absolute atomic E-state index is 13.7. The number of fused-ring (bicyclic) bond motifs is 1. The molecule has 0 aliphatic heterocycles. The molecule has 0 heterocycles. The van der Waals surface area contributed by atoms with Gasteiger partial charge in [0.05, 0.1) is 16.6 Å². The third-order valence-electron chi connectivity index (χ3n) is 6.64. The average molecular weight is 559 g/mol. The predicted octanol–water partition coefficient (Wildman–Crippen LogP) is 7.40. The molecule has 0 amide bonds. The van der Waals surface area contributed by atoms with E-state index in [9.17, 15) is 26.0 Å². The summed E-state index contributed by atoms with van der Waals surface area (Å²) in [5, 5.41) is 1.65. The quantitative estimate of drug-likeness (QED) is 0.172. The Kier molecular flexibility index (Phi) is 8.32. The number of hydrogen-bond donors (Lipinski definition) is 1. The molecule has 4 aromatic carbocycles. The zero-order valence-corrected chi connectivity index (χ0v) is 22.6. The number of hydrogen-bond acceptors (Lipinski definition) is 3. The molecule has 0 saturated carbocycles. The van der Waals surface area contributed by atoms with Crippen molar-refractivity contribution in [3.8, 4) is 0 Å². The zero-order chi connectivity index (χ0) is 28.4. The molecule has 0 saturated heterocycles. The number of nitrogens with one attached hydrogen (secondary N) is 1. The largest absolute Gasteiger partial charge is 0.416 e. The van der Waals surface area contributed by atoms with Gasteiger partial charge in [0.25, 0.3) is 0 Å². The number of rotatable bonds is 9. The third kappa shape index (κ3) is 6.78. The van der Waals surface area contributed by atoms with Crippen LogP contribution in [-0.4, -0.2) is 20.6 Å². The molecule has 0 radical (unpaired) electrons. The third-order valence-corrected chi connectivity index (χ3v) is 8.07. The molecular formula is C30H30F4N2O2S. The standard InChI is InChI=1S/C30H30F4N2O2S/c1-20(2)36(27-14-12-26(31)13-15-27)29(21(3)17-22-7-6-10-25(18-22)30(32,33)34)35-39(37,38)28-16-11-23-8-4-5-9-24(23)19-28/h4-16,18-21,29,35H,17H2,1-3H3. The maximum Gasteiger partial charge on any atom is 0.416 e. The highest BCUT2D eigenvalue weighted by Crippen LogP contribution is 2.31. The summed E-state index contributed by atoms with van der Waals surface area (Å²) in [5.74, 6) is -0.913. The first-order valence-electron chi connectivity index (χ1n) is 12.6. The number of halogens is 4. The molecule has 0 spiro atoms. The molecule has 0 aromatic heterocycles. The van der Waals surface area contributed by atoms with Crippen LogP contribution < -0.4 is 9.62 Å². The van der Waals surface area contributed by atoms with Crippen molar-refractivity contribution in [2.24, 2.45) is 5.92 Å². The summed E-state index contributed by atoms with van der Waals surface area (Å²) in [6.45, 7) is 5.53. The fourth-order valence-electron chi connectivity index (χ4n) is 4.76. The van der Waals surface area contributed by atoms with Crippen LogP contribution in [0.2, 0.25) is 0 Å². The lowest BCUT2D eigenvalue weighted by Crippen LogP contribution is -2.55. The zero-order valence-electron chi connectivity index (χ0n) is 21.8. The van der Waals surface area contributed by atoms with E-state index in [1.807, 2.05) is 43.0 Å². The van der Waals surface area contributed by atoms with Crippen LogP contribution in [0.3, 0.4) is 0 Å². The number of sulfonamides is 1. The van der Waals surface area contributed by atoms with Gasteiger partial charge in [-0.2, -0.15) is 17.9 Å². The first-order valence-corrected chi connectivity index (χ1v) is 14.0. The summed E-state index contributed by atoms with van der Waals surface area (Å²) in [6.07, 6.45) is -5.19. The van der Waals surface area contributed by atoms with Gasteiger partial charge in [0.15, 0.2) is 0 Å². The summed E-state index contributed by atoms with van der Waals surface area (Å²) in [7, 11) is -4.06. The van der Waals surface area contributed by atoms with Crippen molar-refractivity contribution in [2.75, 3.05) is 4.90 Å². The van der Waals surface area contributed by atoms with Crippen LogP contribution in [-0.2, 0) is 22.6 Å². The Morgan fingerprint density at radius 3 is 2.13 bits per heavy atom. The van der Waals surface area contributed by atoms with Gasteiger partial charge >= 0.3 is 6.18 Å². The first-order chi connectivity index (χ1) is 18.3. The molecule has 2 atom stereocenters. The lowest BCUT2D eigenvalue weighted by Gasteiger charge is -2.40. The Hall–Kier alpha value is -3.43. The second kappa shape index (κ2) is 11.4. The Morgan fingerprint density at radius 2 is 1.49 bits per heavy atom. The van der Waals surface area contributed by atoms with E-state index in [0.717, 1.165) is 22.9 Å². The second-order valence-corrected chi connectivity index (χ2v) is 11.6. The fraction of sp³-hybridized carbons (Fsp3) is 0.267. The van der Waals surface area contributed by atoms with Gasteiger partial charge in [0.1, 0.15) is 5.82 Å². The predicted molar refractivity (Wildman–Crippen MR) is 146 cm³/mol. The average Bonchev–Trinajstić information content (AvgIpc) is 2.88. The van der Waals surface area contributed by atoms with E-state index >= 15 is 0 Å². The van der Waals surface area contributed by atoms with Crippen molar-refractivity contribution in [3.63, 3.8) is 0 Å². The van der Waals surface area contributed by atoms with Gasteiger partial charge in [-0.15, -0.1) is 0 Å². The summed E-state index contributed by atoms with van der Waals surface area (Å²) in [6, 6.07) is 22.7. The van der Waals surface area contributed by atoms with Crippen molar-refractivity contribution >= 4 is 26.5 Å². The van der Waals surface area contributed by atoms with Gasteiger partial charge in [-0.25, -0.2) is 12.8 Å². The summed E-state index contributed by atoms with van der Waals surface area (Å²) < 4.78 is 84.0. The lowest BCUT2D eigenvalue weighted by atomic mass is 9.95. The minimum absolute atomic E-state index is 0.0697. The maximum atomic E-state index is 13.7. The van der Waals surface area contributed by atoms with Crippen molar-refractivity contribution in [3.05, 3.63) is 108 Å². The number of alkyl halides is 3. The molecule has 206 valence electrons. The highest BCUT2D eigenvalue weighted by atomic mass is 32.2. The Bertz CT molecular complexity index is 1540. The summed E-state index contributed by atoms with van der Waals surface area (Å²) in [5.41, 5.74) is 0.239. The Balaban J connectivity index is 1.74. The van der Waals surface area contributed by atoms with Crippen LogP contribution in [0.15, 0.2) is 95.9 Å². The molecule has 4 rings (SSSR count). The molecule has 0 aliphatic rings. The lowest BCUT2D eigenvalue weighted by molar-refractivity contribution is -0.137. The molecule has 0 bridgehead atoms. The van der Waals surface area contributed by atoms with E-state index in [-0.39, 0.29) is 17.4 Å². The fourth-order valence-corrected chi connectivity index (χ4v) is 6.09. The van der Waals surface area contributed by atoms with E-state index in [1.165, 1.54) is 24.3 Å². The molecule has 2 unspecified atom stereocenters. The Labute approximate surface area is 226 Å². The van der Waals surface area contributed by atoms with Crippen molar-refractivity contribution in [2.45, 2.75) is 50.5 Å². The van der Waals surface area contributed by atoms with Gasteiger partial charge < -0.3 is 4.90 Å². The highest BCUT2D eigenvalue weighted by Gasteiger charge is 2.33. The number of nitrogens with zero attached hydrogens (tertiary/aromatic N) is 1. The topological polar surface area (TPSA) is 49.4 Å². The van der Waals surface area contributed by atoms with Crippen LogP contribution in [0.4, 0.5) is 23.2 Å². The second-order valence-electron chi connectivity index (χ2n) is 9.93. The van der Waals surface area contributed by atoms with E-state index in [2.05, 4.69) is 4.72 Å². The number of anilines is 1. The van der Waals surface area contributed by atoms with E-state index in [4.69, 9.17) is 0 Å². The summed E-state index contributed by atoms with van der Waals surface area (Å²) in [4.78, 5) is 1.89. The van der Waals surface area contributed by atoms with Crippen molar-refractivity contribution in [1.29, 1.82) is 0 Å². The van der Waals surface area contributed by atoms with Gasteiger partial charge in [-0.05, 0) is 85.0 Å². The molecule has 39 heavy (non-hydrogen) atoms. The van der Waals surface area contributed by atoms with E-state index in [1.54, 1.807) is 37.3 Å². The molecule has 4 aromatic rings. The molecule has 1 N–H and O–H groups in total. The van der Waals surface area contributed by atoms with Crippen molar-refractivity contribution < 1.29 is 26.0 Å². The minimum Gasteiger partial charge on any atom is -0.352 e. The number of benzene rings is 4. The smallest absolute Gasteiger partial charge is 0.352 e. The monoisotopic (exact) mass is 558 g/mol. The summed E-state index contributed by atoms with van der Waals surface area (Å²) >= 11 is 0. The normalized spacial score (nSPS) is 13.9. The molecule has 0 fully saturated rings. The SMILES string of the molecule is CC(Cc1cccc(C(F)(F)F)c1)C(NS(=O)(=O)c1ccc2ccccc2c1)N(c1ccc(F)cc1)C(C)C. The van der Waals surface area contributed by atoms with Crippen LogP contribution in [0.5, 0.6) is 0 Å². The van der Waals surface area contributed by atoms with Gasteiger partial charge in [0, 0.05) is 11.7 Å². The van der Waals surface area contributed by atoms with Gasteiger partial charge in [0.2, 0.25) is 10.0 Å². The van der Waals surface area contributed by atoms with Crippen LogP contribution >= 0.6 is 0 Å². The first kappa shape index (κ1) is 28.6.